The lowest BCUT2D eigenvalue weighted by atomic mass is 10.1. The Kier molecular flexibility index (Phi) is 7.14. The van der Waals surface area contributed by atoms with Crippen molar-refractivity contribution in [3.05, 3.63) is 83.9 Å². The molecule has 0 heterocycles. The Balaban J connectivity index is 2.18. The summed E-state index contributed by atoms with van der Waals surface area (Å²) in [4.78, 5) is 1.98. The molecule has 2 unspecified atom stereocenters. The van der Waals surface area contributed by atoms with E-state index in [4.69, 9.17) is 0 Å². The summed E-state index contributed by atoms with van der Waals surface area (Å²) in [6.07, 6.45) is 2.90. The van der Waals surface area contributed by atoms with Crippen molar-refractivity contribution in [1.29, 1.82) is 0 Å². The van der Waals surface area contributed by atoms with Crippen LogP contribution in [0.5, 0.6) is 0 Å². The molecule has 0 amide bonds. The predicted molar refractivity (Wildman–Crippen MR) is 105 cm³/mol. The fourth-order valence-corrected chi connectivity index (χ4v) is 2.68. The monoisotopic (exact) mass is 337 g/mol. The fraction of sp³-hybridized carbons (Fsp3) is 0.273. The minimum absolute atomic E-state index is 0.0531. The van der Waals surface area contributed by atoms with Crippen molar-refractivity contribution in [2.75, 3.05) is 6.61 Å². The van der Waals surface area contributed by atoms with E-state index in [-0.39, 0.29) is 12.5 Å². The number of nitrogens with zero attached hydrogens (tertiary/aromatic N) is 1. The van der Waals surface area contributed by atoms with Gasteiger partial charge in [-0.3, -0.25) is 4.90 Å². The van der Waals surface area contributed by atoms with Crippen LogP contribution in [0.4, 0.5) is 0 Å². The molecule has 2 aromatic carbocycles. The van der Waals surface area contributed by atoms with Crippen LogP contribution in [-0.4, -0.2) is 27.9 Å². The van der Waals surface area contributed by atoms with Crippen LogP contribution in [0.3, 0.4) is 0 Å². The van der Waals surface area contributed by atoms with Gasteiger partial charge in [0.2, 0.25) is 0 Å². The molecule has 2 rings (SSSR count). The normalized spacial score (nSPS) is 13.4. The average Bonchev–Trinajstić information content (AvgIpc) is 2.67. The molecule has 0 saturated carbocycles. The molecule has 25 heavy (non-hydrogen) atoms. The quantitative estimate of drug-likeness (QED) is 0.682. The number of benzene rings is 2. The number of aliphatic hydroxyl groups excluding tert-OH is 2. The van der Waals surface area contributed by atoms with Crippen LogP contribution in [-0.2, 0) is 13.1 Å². The zero-order valence-corrected chi connectivity index (χ0v) is 14.8. The summed E-state index contributed by atoms with van der Waals surface area (Å²) in [5, 5.41) is 20.0. The first-order valence-electron chi connectivity index (χ1n) is 8.53. The highest BCUT2D eigenvalue weighted by Gasteiger charge is 2.22. The van der Waals surface area contributed by atoms with Gasteiger partial charge in [-0.2, -0.15) is 0 Å². The molecule has 132 valence electrons. The maximum absolute atomic E-state index is 10.6. The second-order valence-corrected chi connectivity index (χ2v) is 6.37. The summed E-state index contributed by atoms with van der Waals surface area (Å²) in [6, 6.07) is 16.2. The van der Waals surface area contributed by atoms with Crippen molar-refractivity contribution in [3.8, 4) is 0 Å². The highest BCUT2D eigenvalue weighted by Crippen LogP contribution is 2.18. The molecule has 0 aliphatic carbocycles. The molecule has 0 saturated heterocycles. The van der Waals surface area contributed by atoms with Gasteiger partial charge in [-0.1, -0.05) is 80.8 Å². The summed E-state index contributed by atoms with van der Waals surface area (Å²) in [7, 11) is 0. The van der Waals surface area contributed by atoms with E-state index in [0.29, 0.717) is 13.1 Å². The minimum atomic E-state index is -0.719. The van der Waals surface area contributed by atoms with Crippen LogP contribution in [0.25, 0.3) is 12.2 Å². The highest BCUT2D eigenvalue weighted by molar-refractivity contribution is 5.47. The molecule has 0 bridgehead atoms. The lowest BCUT2D eigenvalue weighted by molar-refractivity contribution is -0.0592. The summed E-state index contributed by atoms with van der Waals surface area (Å²) < 4.78 is 0. The molecule has 0 aromatic heterocycles. The third-order valence-electron chi connectivity index (χ3n) is 4.37. The number of hydrogen-bond acceptors (Lipinski definition) is 3. The van der Waals surface area contributed by atoms with Gasteiger partial charge >= 0.3 is 0 Å². The molecule has 0 fully saturated rings. The van der Waals surface area contributed by atoms with Gasteiger partial charge in [0.05, 0.1) is 0 Å². The van der Waals surface area contributed by atoms with Crippen LogP contribution in [0.2, 0.25) is 0 Å². The number of aliphatic hydroxyl groups is 2. The van der Waals surface area contributed by atoms with E-state index < -0.39 is 6.23 Å². The topological polar surface area (TPSA) is 43.7 Å². The molecule has 0 radical (unpaired) electrons. The van der Waals surface area contributed by atoms with E-state index in [9.17, 15) is 10.2 Å². The Labute approximate surface area is 150 Å². The third kappa shape index (κ3) is 5.40. The molecule has 3 heteroatoms. The summed E-state index contributed by atoms with van der Waals surface area (Å²) in [5.74, 6) is -0.222. The molecule has 2 aromatic rings. The lowest BCUT2D eigenvalue weighted by Crippen LogP contribution is -2.40. The van der Waals surface area contributed by atoms with Crippen LogP contribution >= 0.6 is 0 Å². The predicted octanol–water partition coefficient (Wildman–Crippen LogP) is 3.92. The van der Waals surface area contributed by atoms with Crippen molar-refractivity contribution in [2.45, 2.75) is 26.2 Å². The Hall–Kier alpha value is -2.20. The molecule has 0 spiro atoms. The molecular weight excluding hydrogens is 310 g/mol. The van der Waals surface area contributed by atoms with Gasteiger partial charge in [-0.05, 0) is 22.3 Å². The smallest absolute Gasteiger partial charge is 0.112 e. The largest absolute Gasteiger partial charge is 0.396 e. The minimum Gasteiger partial charge on any atom is -0.396 e. The van der Waals surface area contributed by atoms with Gasteiger partial charge in [0.25, 0.3) is 0 Å². The second kappa shape index (κ2) is 9.33. The van der Waals surface area contributed by atoms with Gasteiger partial charge in [0, 0.05) is 25.6 Å². The maximum Gasteiger partial charge on any atom is 0.112 e. The Morgan fingerprint density at radius 1 is 0.880 bits per heavy atom. The average molecular weight is 337 g/mol. The molecule has 0 aliphatic heterocycles. The van der Waals surface area contributed by atoms with E-state index in [1.54, 1.807) is 0 Å². The van der Waals surface area contributed by atoms with Crippen molar-refractivity contribution in [2.24, 2.45) is 5.92 Å². The van der Waals surface area contributed by atoms with Crippen molar-refractivity contribution in [1.82, 2.24) is 4.90 Å². The van der Waals surface area contributed by atoms with Gasteiger partial charge in [0.15, 0.2) is 0 Å². The first-order chi connectivity index (χ1) is 12.1. The third-order valence-corrected chi connectivity index (χ3v) is 4.37. The van der Waals surface area contributed by atoms with Crippen LogP contribution in [0.15, 0.2) is 61.7 Å². The second-order valence-electron chi connectivity index (χ2n) is 6.37. The number of hydrogen-bond donors (Lipinski definition) is 2. The Bertz CT molecular complexity index is 623. The van der Waals surface area contributed by atoms with E-state index in [0.717, 1.165) is 22.3 Å². The van der Waals surface area contributed by atoms with Crippen LogP contribution in [0, 0.1) is 5.92 Å². The Morgan fingerprint density at radius 2 is 1.28 bits per heavy atom. The van der Waals surface area contributed by atoms with Gasteiger partial charge in [-0.25, -0.2) is 0 Å². The molecular formula is C22H27NO2. The van der Waals surface area contributed by atoms with Gasteiger partial charge in [-0.15, -0.1) is 0 Å². The van der Waals surface area contributed by atoms with Crippen molar-refractivity contribution in [3.63, 3.8) is 0 Å². The summed E-state index contributed by atoms with van der Waals surface area (Å²) >= 11 is 0. The first kappa shape index (κ1) is 19.1. The van der Waals surface area contributed by atoms with E-state index in [1.807, 2.05) is 72.5 Å². The maximum atomic E-state index is 10.6. The van der Waals surface area contributed by atoms with Gasteiger partial charge in [0.1, 0.15) is 6.23 Å². The fourth-order valence-electron chi connectivity index (χ4n) is 2.68. The molecule has 2 atom stereocenters. The SMILES string of the molecule is C=Cc1ccc(CN(Cc2ccc(C=C)cc2)C(O)C(C)CO)cc1. The van der Waals surface area contributed by atoms with Crippen molar-refractivity contribution < 1.29 is 10.2 Å². The molecule has 3 nitrogen and oxygen atoms in total. The number of rotatable bonds is 9. The Morgan fingerprint density at radius 3 is 1.60 bits per heavy atom. The molecule has 0 aliphatic rings. The summed E-state index contributed by atoms with van der Waals surface area (Å²) in [5.41, 5.74) is 4.36. The lowest BCUT2D eigenvalue weighted by Gasteiger charge is -2.31. The molecule has 2 N–H and O–H groups in total. The van der Waals surface area contributed by atoms with Gasteiger partial charge < -0.3 is 10.2 Å². The highest BCUT2D eigenvalue weighted by atomic mass is 16.3. The van der Waals surface area contributed by atoms with Crippen LogP contribution < -0.4 is 0 Å². The zero-order valence-electron chi connectivity index (χ0n) is 14.8. The zero-order chi connectivity index (χ0) is 18.2. The van der Waals surface area contributed by atoms with E-state index >= 15 is 0 Å². The summed E-state index contributed by atoms with van der Waals surface area (Å²) in [6.45, 7) is 10.5. The first-order valence-corrected chi connectivity index (χ1v) is 8.53. The van der Waals surface area contributed by atoms with Crippen molar-refractivity contribution >= 4 is 12.2 Å². The van der Waals surface area contributed by atoms with E-state index in [1.165, 1.54) is 0 Å². The van der Waals surface area contributed by atoms with Crippen LogP contribution in [0.1, 0.15) is 29.2 Å². The standard InChI is InChI=1S/C22H27NO2/c1-4-18-6-10-20(11-7-18)14-23(22(25)17(3)16-24)15-21-12-8-19(5-2)9-13-21/h4-13,17,22,24-25H,1-2,14-16H2,3H3. The van der Waals surface area contributed by atoms with E-state index in [2.05, 4.69) is 13.2 Å².